The van der Waals surface area contributed by atoms with Crippen LogP contribution in [0.3, 0.4) is 0 Å². The molecule has 1 atom stereocenters. The topological polar surface area (TPSA) is 66.2 Å². The molecule has 2 heterocycles. The summed E-state index contributed by atoms with van der Waals surface area (Å²) in [6.45, 7) is 7.88. The van der Waals surface area contributed by atoms with Crippen molar-refractivity contribution < 1.29 is 9.53 Å². The molecule has 0 saturated carbocycles. The van der Waals surface area contributed by atoms with Crippen molar-refractivity contribution in [1.82, 2.24) is 9.88 Å². The number of likely N-dealkylation sites (tertiary alicyclic amines) is 1. The fourth-order valence-electron chi connectivity index (χ4n) is 2.51. The fraction of sp³-hybridized carbons (Fsp3) is 0.562. The number of allylic oxidation sites excluding steroid dienone is 2. The third kappa shape index (κ3) is 3.30. The Labute approximate surface area is 135 Å². The second kappa shape index (κ2) is 6.09. The number of nitrogens with zero attached hydrogens (tertiary/aromatic N) is 3. The highest BCUT2D eigenvalue weighted by molar-refractivity contribution is 7.09. The van der Waals surface area contributed by atoms with Crippen molar-refractivity contribution in [2.24, 2.45) is 0 Å². The van der Waals surface area contributed by atoms with Crippen molar-refractivity contribution in [1.29, 1.82) is 5.26 Å². The van der Waals surface area contributed by atoms with E-state index in [-0.39, 0.29) is 6.09 Å². The Balaban J connectivity index is 2.22. The van der Waals surface area contributed by atoms with Crippen LogP contribution in [0.5, 0.6) is 0 Å². The second-order valence-corrected chi connectivity index (χ2v) is 7.26. The molecule has 0 aliphatic carbocycles. The van der Waals surface area contributed by atoms with Gasteiger partial charge in [0, 0.05) is 30.2 Å². The highest BCUT2D eigenvalue weighted by Crippen LogP contribution is 2.40. The van der Waals surface area contributed by atoms with E-state index in [2.05, 4.69) is 11.1 Å². The van der Waals surface area contributed by atoms with Gasteiger partial charge < -0.3 is 4.74 Å². The van der Waals surface area contributed by atoms with Crippen LogP contribution >= 0.6 is 11.3 Å². The molecule has 1 saturated heterocycles. The number of piperidine rings is 1. The Bertz CT molecular complexity index is 610. The van der Waals surface area contributed by atoms with Gasteiger partial charge in [-0.05, 0) is 34.1 Å². The van der Waals surface area contributed by atoms with Gasteiger partial charge in [-0.15, -0.1) is 11.3 Å². The van der Waals surface area contributed by atoms with Crippen LogP contribution in [0.2, 0.25) is 0 Å². The summed E-state index contributed by atoms with van der Waals surface area (Å²) < 4.78 is 5.45. The summed E-state index contributed by atoms with van der Waals surface area (Å²) in [6, 6.07) is 2.42. The lowest BCUT2D eigenvalue weighted by molar-refractivity contribution is 0.0266. The van der Waals surface area contributed by atoms with E-state index in [0.29, 0.717) is 19.4 Å². The Morgan fingerprint density at radius 2 is 2.32 bits per heavy atom. The summed E-state index contributed by atoms with van der Waals surface area (Å²) in [5.74, 6) is 0. The molecule has 0 bridgehead atoms. The maximum Gasteiger partial charge on any atom is 0.414 e. The van der Waals surface area contributed by atoms with Gasteiger partial charge >= 0.3 is 6.09 Å². The summed E-state index contributed by atoms with van der Waals surface area (Å²) >= 11 is 1.49. The lowest BCUT2D eigenvalue weighted by Crippen LogP contribution is -2.45. The molecule has 118 valence electrons. The van der Waals surface area contributed by atoms with Gasteiger partial charge in [-0.3, -0.25) is 4.90 Å². The first-order chi connectivity index (χ1) is 10.3. The lowest BCUT2D eigenvalue weighted by atomic mass is 9.78. The van der Waals surface area contributed by atoms with Crippen LogP contribution in [0.15, 0.2) is 23.3 Å². The molecule has 22 heavy (non-hydrogen) atoms. The first kappa shape index (κ1) is 16.5. The van der Waals surface area contributed by atoms with E-state index in [0.717, 1.165) is 10.7 Å². The SMILES string of the molecule is C/C=C1/CC(C#N)(c2nccs2)CCN1C(=O)OC(C)(C)C. The average Bonchev–Trinajstić information content (AvgIpc) is 2.99. The molecule has 1 aliphatic rings. The van der Waals surface area contributed by atoms with E-state index in [1.165, 1.54) is 11.3 Å². The molecule has 1 aliphatic heterocycles. The van der Waals surface area contributed by atoms with Gasteiger partial charge in [0.25, 0.3) is 0 Å². The largest absolute Gasteiger partial charge is 0.443 e. The monoisotopic (exact) mass is 319 g/mol. The first-order valence-electron chi connectivity index (χ1n) is 7.28. The summed E-state index contributed by atoms with van der Waals surface area (Å²) in [7, 11) is 0. The molecule has 0 radical (unpaired) electrons. The third-order valence-electron chi connectivity index (χ3n) is 3.59. The van der Waals surface area contributed by atoms with E-state index in [1.54, 1.807) is 11.1 Å². The minimum absolute atomic E-state index is 0.355. The molecular formula is C16H21N3O2S. The number of thiazole rings is 1. The second-order valence-electron chi connectivity index (χ2n) is 6.37. The molecule has 0 N–H and O–H groups in total. The Morgan fingerprint density at radius 3 is 2.82 bits per heavy atom. The Kier molecular flexibility index (Phi) is 4.57. The molecule has 2 rings (SSSR count). The maximum absolute atomic E-state index is 12.3. The molecule has 5 nitrogen and oxygen atoms in total. The fourth-order valence-corrected chi connectivity index (χ4v) is 3.33. The molecule has 0 aromatic carbocycles. The van der Waals surface area contributed by atoms with Crippen molar-refractivity contribution in [3.05, 3.63) is 28.4 Å². The van der Waals surface area contributed by atoms with E-state index in [1.807, 2.05) is 39.2 Å². The van der Waals surface area contributed by atoms with Gasteiger partial charge in [0.2, 0.25) is 0 Å². The van der Waals surface area contributed by atoms with E-state index < -0.39 is 11.0 Å². The van der Waals surface area contributed by atoms with Crippen LogP contribution in [-0.4, -0.2) is 28.1 Å². The van der Waals surface area contributed by atoms with Gasteiger partial charge in [0.15, 0.2) is 0 Å². The highest BCUT2D eigenvalue weighted by Gasteiger charge is 2.43. The van der Waals surface area contributed by atoms with Gasteiger partial charge in [0.1, 0.15) is 16.0 Å². The van der Waals surface area contributed by atoms with Crippen LogP contribution in [0, 0.1) is 11.3 Å². The quantitative estimate of drug-likeness (QED) is 0.789. The van der Waals surface area contributed by atoms with E-state index in [4.69, 9.17) is 4.74 Å². The standard InChI is InChI=1S/C16H21N3O2S/c1-5-12-10-16(11-17,13-18-7-9-22-13)6-8-19(12)14(20)21-15(2,3)4/h5,7,9H,6,8,10H2,1-4H3/b12-5-. The summed E-state index contributed by atoms with van der Waals surface area (Å²) in [6.07, 6.45) is 4.28. The lowest BCUT2D eigenvalue weighted by Gasteiger charge is -2.38. The summed E-state index contributed by atoms with van der Waals surface area (Å²) in [5.41, 5.74) is -0.360. The van der Waals surface area contributed by atoms with Gasteiger partial charge in [0.05, 0.1) is 6.07 Å². The van der Waals surface area contributed by atoms with Crippen LogP contribution in [0.25, 0.3) is 0 Å². The predicted molar refractivity (Wildman–Crippen MR) is 85.3 cm³/mol. The molecule has 0 spiro atoms. The third-order valence-corrected chi connectivity index (χ3v) is 4.57. The van der Waals surface area contributed by atoms with Crippen molar-refractivity contribution in [2.75, 3.05) is 6.54 Å². The van der Waals surface area contributed by atoms with Crippen molar-refractivity contribution >= 4 is 17.4 Å². The summed E-state index contributed by atoms with van der Waals surface area (Å²) in [5, 5.41) is 12.4. The zero-order chi connectivity index (χ0) is 16.4. The van der Waals surface area contributed by atoms with Gasteiger partial charge in [-0.2, -0.15) is 5.26 Å². The normalized spacial score (nSPS) is 24.1. The number of carbonyl (C=O) groups is 1. The Hall–Kier alpha value is -1.87. The number of amides is 1. The predicted octanol–water partition coefficient (Wildman–Crippen LogP) is 3.84. The minimum Gasteiger partial charge on any atom is -0.443 e. The van der Waals surface area contributed by atoms with Crippen LogP contribution in [-0.2, 0) is 10.2 Å². The summed E-state index contributed by atoms with van der Waals surface area (Å²) in [4.78, 5) is 18.3. The molecule has 1 unspecified atom stereocenters. The molecule has 6 heteroatoms. The molecule has 1 amide bonds. The van der Waals surface area contributed by atoms with Crippen LogP contribution in [0.4, 0.5) is 4.79 Å². The van der Waals surface area contributed by atoms with Crippen LogP contribution in [0.1, 0.15) is 45.5 Å². The zero-order valence-corrected chi connectivity index (χ0v) is 14.2. The minimum atomic E-state index is -0.644. The van der Waals surface area contributed by atoms with Crippen molar-refractivity contribution in [2.45, 2.75) is 51.6 Å². The number of ether oxygens (including phenoxy) is 1. The smallest absolute Gasteiger partial charge is 0.414 e. The molecular weight excluding hydrogens is 298 g/mol. The number of nitriles is 1. The van der Waals surface area contributed by atoms with Crippen molar-refractivity contribution in [3.8, 4) is 6.07 Å². The van der Waals surface area contributed by atoms with E-state index in [9.17, 15) is 10.1 Å². The molecule has 1 fully saturated rings. The van der Waals surface area contributed by atoms with Crippen molar-refractivity contribution in [3.63, 3.8) is 0 Å². The zero-order valence-electron chi connectivity index (χ0n) is 13.4. The first-order valence-corrected chi connectivity index (χ1v) is 8.16. The number of hydrogen-bond acceptors (Lipinski definition) is 5. The van der Waals surface area contributed by atoms with E-state index >= 15 is 0 Å². The molecule has 1 aromatic rings. The molecule has 1 aromatic heterocycles. The highest BCUT2D eigenvalue weighted by atomic mass is 32.1. The van der Waals surface area contributed by atoms with Gasteiger partial charge in [-0.1, -0.05) is 6.08 Å². The number of hydrogen-bond donors (Lipinski definition) is 0. The number of carbonyl (C=O) groups excluding carboxylic acids is 1. The number of rotatable bonds is 1. The average molecular weight is 319 g/mol. The number of aromatic nitrogens is 1. The van der Waals surface area contributed by atoms with Gasteiger partial charge in [-0.25, -0.2) is 9.78 Å². The van der Waals surface area contributed by atoms with Crippen LogP contribution < -0.4 is 0 Å². The maximum atomic E-state index is 12.3. The Morgan fingerprint density at radius 1 is 1.59 bits per heavy atom.